The Hall–Kier alpha value is -2.41. The van der Waals surface area contributed by atoms with Gasteiger partial charge in [0.25, 0.3) is 0 Å². The van der Waals surface area contributed by atoms with Crippen LogP contribution in [0.15, 0.2) is 36.4 Å². The molecule has 0 aliphatic carbocycles. The second kappa shape index (κ2) is 9.16. The van der Waals surface area contributed by atoms with Crippen LogP contribution < -0.4 is 14.4 Å². The van der Waals surface area contributed by atoms with Gasteiger partial charge < -0.3 is 18.5 Å². The lowest BCUT2D eigenvalue weighted by molar-refractivity contribution is -0.118. The molecular weight excluding hydrogens is 412 g/mol. The van der Waals surface area contributed by atoms with Crippen molar-refractivity contribution in [2.24, 2.45) is 0 Å². The monoisotopic (exact) mass is 437 g/mol. The largest absolute Gasteiger partial charge is 0.493 e. The molecule has 1 atom stereocenters. The summed E-state index contributed by atoms with van der Waals surface area (Å²) in [6.07, 6.45) is 0.0435. The van der Waals surface area contributed by atoms with Crippen molar-refractivity contribution in [1.29, 1.82) is 0 Å². The fourth-order valence-electron chi connectivity index (χ4n) is 3.59. The van der Waals surface area contributed by atoms with Crippen LogP contribution in [0.5, 0.6) is 11.5 Å². The molecule has 1 unspecified atom stereocenters. The lowest BCUT2D eigenvalue weighted by Crippen LogP contribution is -2.41. The predicted octanol–water partition coefficient (Wildman–Crippen LogP) is 4.70. The SMILES string of the molecule is CCOP(=O)(OCC)C1c2cc(OC)c(OC)cc2CC(=O)N1c1ccc(F)cc1. The van der Waals surface area contributed by atoms with E-state index in [0.717, 1.165) is 0 Å². The summed E-state index contributed by atoms with van der Waals surface area (Å²) in [6.45, 7) is 3.66. The van der Waals surface area contributed by atoms with E-state index >= 15 is 0 Å². The summed E-state index contributed by atoms with van der Waals surface area (Å²) in [4.78, 5) is 14.6. The van der Waals surface area contributed by atoms with E-state index in [4.69, 9.17) is 18.5 Å². The lowest BCUT2D eigenvalue weighted by atomic mass is 9.97. The molecule has 0 N–H and O–H groups in total. The zero-order valence-electron chi connectivity index (χ0n) is 17.4. The van der Waals surface area contributed by atoms with Gasteiger partial charge in [-0.05, 0) is 61.4 Å². The summed E-state index contributed by atoms with van der Waals surface area (Å²) in [5.74, 6) is -0.927. The standard InChI is InChI=1S/C21H25FNO6P/c1-5-28-30(25,29-6-2)21-17-13-19(27-4)18(26-3)11-14(17)12-20(24)23(21)16-9-7-15(22)8-10-16/h7-11,13,21H,5-6,12H2,1-4H3. The Morgan fingerprint density at radius 1 is 1.03 bits per heavy atom. The van der Waals surface area contributed by atoms with Gasteiger partial charge in [0.2, 0.25) is 5.91 Å². The van der Waals surface area contributed by atoms with Crippen LogP contribution in [0.1, 0.15) is 30.8 Å². The molecule has 2 aromatic rings. The summed E-state index contributed by atoms with van der Waals surface area (Å²) < 4.78 is 49.4. The van der Waals surface area contributed by atoms with E-state index in [1.807, 2.05) is 0 Å². The van der Waals surface area contributed by atoms with Crippen molar-refractivity contribution < 1.29 is 32.3 Å². The number of nitrogens with zero attached hydrogens (tertiary/aromatic N) is 1. The number of carbonyl (C=O) groups is 1. The second-order valence-electron chi connectivity index (χ2n) is 6.57. The van der Waals surface area contributed by atoms with Crippen LogP contribution in [0, 0.1) is 5.82 Å². The van der Waals surface area contributed by atoms with Crippen molar-refractivity contribution in [3.63, 3.8) is 0 Å². The van der Waals surface area contributed by atoms with E-state index < -0.39 is 19.2 Å². The normalized spacial score (nSPS) is 16.4. The molecule has 0 aromatic heterocycles. The van der Waals surface area contributed by atoms with Gasteiger partial charge >= 0.3 is 7.60 Å². The van der Waals surface area contributed by atoms with E-state index in [1.165, 1.54) is 43.4 Å². The van der Waals surface area contributed by atoms with Crippen LogP contribution in [-0.4, -0.2) is 33.3 Å². The average Bonchev–Trinajstić information content (AvgIpc) is 2.73. The van der Waals surface area contributed by atoms with Crippen LogP contribution in [0.3, 0.4) is 0 Å². The minimum absolute atomic E-state index is 0.0435. The number of benzene rings is 2. The molecule has 0 radical (unpaired) electrons. The predicted molar refractivity (Wildman–Crippen MR) is 111 cm³/mol. The number of ether oxygens (including phenoxy) is 2. The number of fused-ring (bicyclic) bond motifs is 1. The number of amides is 1. The summed E-state index contributed by atoms with van der Waals surface area (Å²) in [6, 6.07) is 8.81. The average molecular weight is 437 g/mol. The minimum atomic E-state index is -3.84. The lowest BCUT2D eigenvalue weighted by Gasteiger charge is -2.40. The highest BCUT2D eigenvalue weighted by molar-refractivity contribution is 7.54. The van der Waals surface area contributed by atoms with Gasteiger partial charge in [-0.3, -0.25) is 14.3 Å². The Labute approximate surface area is 175 Å². The smallest absolute Gasteiger partial charge is 0.357 e. The minimum Gasteiger partial charge on any atom is -0.493 e. The second-order valence-corrected chi connectivity index (χ2v) is 8.66. The van der Waals surface area contributed by atoms with E-state index in [-0.39, 0.29) is 25.5 Å². The molecule has 2 aromatic carbocycles. The molecule has 0 saturated heterocycles. The zero-order valence-corrected chi connectivity index (χ0v) is 18.3. The number of anilines is 1. The highest BCUT2D eigenvalue weighted by atomic mass is 31.2. The quantitative estimate of drug-likeness (QED) is 0.558. The Kier molecular flexibility index (Phi) is 6.81. The Bertz CT molecular complexity index is 955. The van der Waals surface area contributed by atoms with E-state index in [9.17, 15) is 13.8 Å². The summed E-state index contributed by atoms with van der Waals surface area (Å²) in [7, 11) is -0.839. The fourth-order valence-corrected chi connectivity index (χ4v) is 5.79. The van der Waals surface area contributed by atoms with Gasteiger partial charge in [0.05, 0.1) is 33.9 Å². The molecule has 0 saturated carbocycles. The summed E-state index contributed by atoms with van der Waals surface area (Å²) in [5.41, 5.74) is 1.61. The van der Waals surface area contributed by atoms with Gasteiger partial charge in [-0.1, -0.05) is 0 Å². The molecule has 1 amide bonds. The van der Waals surface area contributed by atoms with Crippen LogP contribution >= 0.6 is 7.60 Å². The maximum absolute atomic E-state index is 13.9. The summed E-state index contributed by atoms with van der Waals surface area (Å²) in [5, 5.41) is 0. The summed E-state index contributed by atoms with van der Waals surface area (Å²) >= 11 is 0. The van der Waals surface area contributed by atoms with Gasteiger partial charge in [0.15, 0.2) is 17.3 Å². The van der Waals surface area contributed by atoms with Gasteiger partial charge in [-0.2, -0.15) is 0 Å². The molecule has 1 aliphatic heterocycles. The van der Waals surface area contributed by atoms with Crippen LogP contribution in [-0.2, 0) is 24.8 Å². The van der Waals surface area contributed by atoms with Gasteiger partial charge in [-0.25, -0.2) is 4.39 Å². The Morgan fingerprint density at radius 3 is 2.13 bits per heavy atom. The van der Waals surface area contributed by atoms with Crippen molar-refractivity contribution in [2.75, 3.05) is 32.3 Å². The third-order valence-electron chi connectivity index (χ3n) is 4.80. The molecule has 0 fully saturated rings. The number of rotatable bonds is 8. The highest BCUT2D eigenvalue weighted by Crippen LogP contribution is 2.65. The van der Waals surface area contributed by atoms with Crippen LogP contribution in [0.25, 0.3) is 0 Å². The molecule has 30 heavy (non-hydrogen) atoms. The molecule has 0 spiro atoms. The molecule has 3 rings (SSSR count). The van der Waals surface area contributed by atoms with Gasteiger partial charge in [0, 0.05) is 5.69 Å². The maximum atomic E-state index is 13.9. The molecule has 7 nitrogen and oxygen atoms in total. The Balaban J connectivity index is 2.26. The number of hydrogen-bond acceptors (Lipinski definition) is 6. The fraction of sp³-hybridized carbons (Fsp3) is 0.381. The van der Waals surface area contributed by atoms with Crippen molar-refractivity contribution in [3.05, 3.63) is 53.3 Å². The number of hydrogen-bond donors (Lipinski definition) is 0. The maximum Gasteiger partial charge on any atom is 0.357 e. The van der Waals surface area contributed by atoms with Crippen molar-refractivity contribution >= 4 is 19.2 Å². The highest BCUT2D eigenvalue weighted by Gasteiger charge is 2.48. The van der Waals surface area contributed by atoms with Crippen LogP contribution in [0.2, 0.25) is 0 Å². The molecule has 1 aliphatic rings. The van der Waals surface area contributed by atoms with E-state index in [1.54, 1.807) is 26.0 Å². The first kappa shape index (κ1) is 22.3. The molecular formula is C21H25FNO6P. The number of halogens is 1. The molecule has 1 heterocycles. The number of methoxy groups -OCH3 is 2. The molecule has 162 valence electrons. The van der Waals surface area contributed by atoms with Gasteiger partial charge in [-0.15, -0.1) is 0 Å². The molecule has 0 bridgehead atoms. The van der Waals surface area contributed by atoms with Crippen LogP contribution in [0.4, 0.5) is 10.1 Å². The topological polar surface area (TPSA) is 74.3 Å². The first-order valence-electron chi connectivity index (χ1n) is 9.59. The first-order valence-corrected chi connectivity index (χ1v) is 11.2. The molecule has 9 heteroatoms. The van der Waals surface area contributed by atoms with Crippen molar-refractivity contribution in [2.45, 2.75) is 26.1 Å². The third kappa shape index (κ3) is 4.08. The first-order chi connectivity index (χ1) is 14.4. The van der Waals surface area contributed by atoms with E-state index in [2.05, 4.69) is 0 Å². The zero-order chi connectivity index (χ0) is 21.9. The third-order valence-corrected chi connectivity index (χ3v) is 7.15. The Morgan fingerprint density at radius 2 is 1.60 bits per heavy atom. The van der Waals surface area contributed by atoms with Gasteiger partial charge in [0.1, 0.15) is 5.82 Å². The van der Waals surface area contributed by atoms with Crippen molar-refractivity contribution in [1.82, 2.24) is 0 Å². The number of carbonyl (C=O) groups excluding carboxylic acids is 1. The van der Waals surface area contributed by atoms with E-state index in [0.29, 0.717) is 28.3 Å². The van der Waals surface area contributed by atoms with Crippen molar-refractivity contribution in [3.8, 4) is 11.5 Å².